The number of nitro groups is 1. The quantitative estimate of drug-likeness (QED) is 0.251. The van der Waals surface area contributed by atoms with Gasteiger partial charge in [0, 0.05) is 22.9 Å². The number of amides is 1. The topological polar surface area (TPSA) is 110 Å². The van der Waals surface area contributed by atoms with Gasteiger partial charge in [-0.3, -0.25) is 14.9 Å². The second-order valence-corrected chi connectivity index (χ2v) is 9.23. The number of carbonyl (C=O) groups is 1. The van der Waals surface area contributed by atoms with Crippen molar-refractivity contribution in [2.24, 2.45) is 0 Å². The van der Waals surface area contributed by atoms with Gasteiger partial charge in [-0.2, -0.15) is 0 Å². The first-order valence-corrected chi connectivity index (χ1v) is 11.3. The van der Waals surface area contributed by atoms with Crippen molar-refractivity contribution in [2.45, 2.75) is 24.8 Å². The van der Waals surface area contributed by atoms with E-state index >= 15 is 0 Å². The molecule has 0 unspecified atom stereocenters. The fourth-order valence-corrected chi connectivity index (χ4v) is 5.47. The van der Waals surface area contributed by atoms with Crippen LogP contribution in [0.25, 0.3) is 21.8 Å². The van der Waals surface area contributed by atoms with Gasteiger partial charge in [-0.05, 0) is 32.0 Å². The van der Waals surface area contributed by atoms with Crippen molar-refractivity contribution in [2.75, 3.05) is 0 Å². The molecule has 0 fully saturated rings. The summed E-state index contributed by atoms with van der Waals surface area (Å²) in [4.78, 5) is 28.6. The Morgan fingerprint density at radius 2 is 1.41 bits per heavy atom. The van der Waals surface area contributed by atoms with Crippen LogP contribution in [0.5, 0.6) is 0 Å². The van der Waals surface area contributed by atoms with Crippen LogP contribution in [-0.2, 0) is 10.0 Å². The van der Waals surface area contributed by atoms with Crippen molar-refractivity contribution >= 4 is 43.4 Å². The zero-order valence-electron chi connectivity index (χ0n) is 17.3. The predicted octanol–water partition coefficient (Wildman–Crippen LogP) is 4.54. The summed E-state index contributed by atoms with van der Waals surface area (Å²) in [5.41, 5.74) is 0.681. The minimum Gasteiger partial charge on any atom is -0.268 e. The van der Waals surface area contributed by atoms with Gasteiger partial charge in [0.25, 0.3) is 21.6 Å². The summed E-state index contributed by atoms with van der Waals surface area (Å²) in [6.45, 7) is 3.10. The number of sulfonamides is 1. The zero-order chi connectivity index (χ0) is 23.0. The molecule has 32 heavy (non-hydrogen) atoms. The molecule has 1 aromatic heterocycles. The van der Waals surface area contributed by atoms with Crippen molar-refractivity contribution < 1.29 is 18.1 Å². The van der Waals surface area contributed by atoms with Gasteiger partial charge in [0.15, 0.2) is 4.90 Å². The number of fused-ring (bicyclic) bond motifs is 2. The number of hydrogen-bond donors (Lipinski definition) is 0. The maximum absolute atomic E-state index is 13.9. The van der Waals surface area contributed by atoms with Crippen LogP contribution in [0.1, 0.15) is 24.2 Å². The van der Waals surface area contributed by atoms with Crippen LogP contribution in [0.2, 0.25) is 0 Å². The number of para-hydroxylation sites is 3. The molecule has 0 aliphatic rings. The van der Waals surface area contributed by atoms with E-state index in [4.69, 9.17) is 0 Å². The normalized spacial score (nSPS) is 11.7. The Morgan fingerprint density at radius 1 is 0.906 bits per heavy atom. The van der Waals surface area contributed by atoms with Crippen molar-refractivity contribution in [3.8, 4) is 0 Å². The molecule has 0 spiro atoms. The molecule has 9 heteroatoms. The average Bonchev–Trinajstić information content (AvgIpc) is 2.76. The average molecular weight is 449 g/mol. The maximum Gasteiger partial charge on any atom is 0.289 e. The molecular formula is C23H19N3O5S. The third-order valence-corrected chi connectivity index (χ3v) is 7.08. The Kier molecular flexibility index (Phi) is 5.35. The molecule has 4 aromatic rings. The van der Waals surface area contributed by atoms with Gasteiger partial charge in [0.1, 0.15) is 0 Å². The van der Waals surface area contributed by atoms with Crippen LogP contribution in [-0.4, -0.2) is 34.6 Å². The van der Waals surface area contributed by atoms with E-state index < -0.39 is 37.5 Å². The van der Waals surface area contributed by atoms with E-state index in [1.165, 1.54) is 12.1 Å². The van der Waals surface area contributed by atoms with Crippen molar-refractivity contribution in [3.63, 3.8) is 0 Å². The molecule has 0 saturated carbocycles. The highest BCUT2D eigenvalue weighted by Crippen LogP contribution is 2.32. The molecule has 0 aliphatic carbocycles. The lowest BCUT2D eigenvalue weighted by atomic mass is 10.0. The molecule has 1 heterocycles. The van der Waals surface area contributed by atoms with Crippen LogP contribution in [0, 0.1) is 10.1 Å². The summed E-state index contributed by atoms with van der Waals surface area (Å²) in [5.74, 6) is -0.770. The van der Waals surface area contributed by atoms with E-state index in [9.17, 15) is 23.3 Å². The first-order chi connectivity index (χ1) is 15.2. The molecule has 8 nitrogen and oxygen atoms in total. The van der Waals surface area contributed by atoms with Crippen LogP contribution < -0.4 is 0 Å². The summed E-state index contributed by atoms with van der Waals surface area (Å²) < 4.78 is 27.9. The second kappa shape index (κ2) is 8.01. The standard InChI is InChI=1S/C23H19N3O5S/c1-15(2)25(32(30,31)21-14-8-7-13-20(21)26(28)29)23(27)22-16-9-3-5-11-18(16)24-19-12-6-4-10-17(19)22/h3-15H,1-2H3. The van der Waals surface area contributed by atoms with Crippen LogP contribution in [0.15, 0.2) is 77.7 Å². The molecule has 0 N–H and O–H groups in total. The fraction of sp³-hybridized carbons (Fsp3) is 0.130. The number of nitro benzene ring substituents is 1. The van der Waals surface area contributed by atoms with Crippen LogP contribution >= 0.6 is 0 Å². The zero-order valence-corrected chi connectivity index (χ0v) is 18.1. The Bertz CT molecular complexity index is 1430. The number of nitrogens with zero attached hydrogens (tertiary/aromatic N) is 3. The smallest absolute Gasteiger partial charge is 0.268 e. The van der Waals surface area contributed by atoms with E-state index in [0.717, 1.165) is 12.1 Å². The molecule has 0 radical (unpaired) electrons. The van der Waals surface area contributed by atoms with Gasteiger partial charge < -0.3 is 0 Å². The number of carbonyl (C=O) groups excluding carboxylic acids is 1. The second-order valence-electron chi connectivity index (χ2n) is 7.45. The van der Waals surface area contributed by atoms with Gasteiger partial charge in [-0.15, -0.1) is 0 Å². The number of aromatic nitrogens is 1. The summed E-state index contributed by atoms with van der Waals surface area (Å²) in [6.07, 6.45) is 0. The summed E-state index contributed by atoms with van der Waals surface area (Å²) >= 11 is 0. The Balaban J connectivity index is 2.00. The Morgan fingerprint density at radius 3 is 1.94 bits per heavy atom. The lowest BCUT2D eigenvalue weighted by Crippen LogP contribution is -2.42. The number of benzene rings is 3. The van der Waals surface area contributed by atoms with Gasteiger partial charge in [-0.25, -0.2) is 17.7 Å². The van der Waals surface area contributed by atoms with E-state index in [-0.39, 0.29) is 5.56 Å². The van der Waals surface area contributed by atoms with Crippen molar-refractivity contribution in [1.82, 2.24) is 9.29 Å². The first kappa shape index (κ1) is 21.4. The molecule has 162 valence electrons. The van der Waals surface area contributed by atoms with Gasteiger partial charge in [0.2, 0.25) is 0 Å². The minimum absolute atomic E-state index is 0.182. The van der Waals surface area contributed by atoms with E-state index in [0.29, 0.717) is 26.1 Å². The number of pyridine rings is 1. The highest BCUT2D eigenvalue weighted by Gasteiger charge is 2.38. The molecule has 0 saturated heterocycles. The largest absolute Gasteiger partial charge is 0.289 e. The molecule has 0 atom stereocenters. The summed E-state index contributed by atoms with van der Waals surface area (Å²) in [7, 11) is -4.54. The Labute approximate surface area is 184 Å². The molecule has 0 bridgehead atoms. The van der Waals surface area contributed by atoms with Crippen LogP contribution in [0.4, 0.5) is 5.69 Å². The summed E-state index contributed by atoms with van der Waals surface area (Å²) in [6, 6.07) is 18.2. The van der Waals surface area contributed by atoms with Crippen molar-refractivity contribution in [1.29, 1.82) is 0 Å². The molecular weight excluding hydrogens is 430 g/mol. The lowest BCUT2D eigenvalue weighted by molar-refractivity contribution is -0.387. The van der Waals surface area contributed by atoms with Crippen LogP contribution in [0.3, 0.4) is 0 Å². The molecule has 3 aromatic carbocycles. The highest BCUT2D eigenvalue weighted by atomic mass is 32.2. The van der Waals surface area contributed by atoms with Gasteiger partial charge in [-0.1, -0.05) is 48.5 Å². The molecule has 4 rings (SSSR count). The monoisotopic (exact) mass is 449 g/mol. The van der Waals surface area contributed by atoms with Gasteiger partial charge >= 0.3 is 0 Å². The van der Waals surface area contributed by atoms with E-state index in [1.54, 1.807) is 62.4 Å². The number of hydrogen-bond acceptors (Lipinski definition) is 6. The molecule has 1 amide bonds. The molecule has 0 aliphatic heterocycles. The third-order valence-electron chi connectivity index (χ3n) is 5.07. The summed E-state index contributed by atoms with van der Waals surface area (Å²) in [5, 5.41) is 12.5. The lowest BCUT2D eigenvalue weighted by Gasteiger charge is -2.27. The SMILES string of the molecule is CC(C)N(C(=O)c1c2ccccc2nc2ccccc12)S(=O)(=O)c1ccccc1[N+](=O)[O-]. The fourth-order valence-electron chi connectivity index (χ4n) is 3.73. The minimum atomic E-state index is -4.54. The Hall–Kier alpha value is -3.85. The van der Waals surface area contributed by atoms with Crippen molar-refractivity contribution in [3.05, 3.63) is 88.5 Å². The number of rotatable bonds is 5. The van der Waals surface area contributed by atoms with E-state index in [1.807, 2.05) is 0 Å². The predicted molar refractivity (Wildman–Crippen MR) is 121 cm³/mol. The first-order valence-electron chi connectivity index (χ1n) is 9.83. The highest BCUT2D eigenvalue weighted by molar-refractivity contribution is 7.89. The van der Waals surface area contributed by atoms with E-state index in [2.05, 4.69) is 4.98 Å². The van der Waals surface area contributed by atoms with Gasteiger partial charge in [0.05, 0.1) is 21.5 Å². The third kappa shape index (κ3) is 3.46. The maximum atomic E-state index is 13.9.